The molecule has 4 heterocycles. The molecule has 132 valence electrons. The summed E-state index contributed by atoms with van der Waals surface area (Å²) in [6, 6.07) is 6.57. The standard InChI is InChI=1S/C21H27N3O/c25-20(12-17-13-24-9-7-15(17)8-10-24)21-18-11-16(14-3-1-2-4-14)5-6-19(18)22-23-21/h5-6,11,14-15,17H,1-4,7-10,12-13H2,(H,22,23)/t17-/m0/s1. The first-order valence-electron chi connectivity index (χ1n) is 10.0. The topological polar surface area (TPSA) is 49.0 Å². The zero-order valence-corrected chi connectivity index (χ0v) is 14.8. The van der Waals surface area contributed by atoms with E-state index in [0.717, 1.165) is 23.4 Å². The Kier molecular flexibility index (Phi) is 3.89. The highest BCUT2D eigenvalue weighted by molar-refractivity contribution is 6.06. The highest BCUT2D eigenvalue weighted by Crippen LogP contribution is 2.37. The van der Waals surface area contributed by atoms with Crippen molar-refractivity contribution < 1.29 is 4.79 Å². The smallest absolute Gasteiger partial charge is 0.184 e. The average Bonchev–Trinajstić information content (AvgIpc) is 3.32. The van der Waals surface area contributed by atoms with Crippen molar-refractivity contribution in [3.63, 3.8) is 0 Å². The van der Waals surface area contributed by atoms with Crippen molar-refractivity contribution in [3.05, 3.63) is 29.5 Å². The van der Waals surface area contributed by atoms with Crippen molar-refractivity contribution in [2.45, 2.75) is 50.9 Å². The number of ketones is 1. The molecule has 1 aromatic carbocycles. The number of piperidine rings is 3. The summed E-state index contributed by atoms with van der Waals surface area (Å²) in [5, 5.41) is 8.52. The number of fused-ring (bicyclic) bond motifs is 4. The molecule has 2 aromatic rings. The van der Waals surface area contributed by atoms with Crippen molar-refractivity contribution in [2.75, 3.05) is 19.6 Å². The molecule has 4 aliphatic rings. The van der Waals surface area contributed by atoms with Crippen LogP contribution in [0.1, 0.15) is 66.9 Å². The summed E-state index contributed by atoms with van der Waals surface area (Å²) in [6.07, 6.45) is 8.43. The second kappa shape index (κ2) is 6.24. The first-order valence-corrected chi connectivity index (χ1v) is 10.0. The van der Waals surface area contributed by atoms with Gasteiger partial charge in [0, 0.05) is 18.4 Å². The van der Waals surface area contributed by atoms with E-state index < -0.39 is 0 Å². The number of rotatable bonds is 4. The fourth-order valence-electron chi connectivity index (χ4n) is 5.41. The Morgan fingerprint density at radius 3 is 2.68 bits per heavy atom. The molecule has 1 N–H and O–H groups in total. The van der Waals surface area contributed by atoms with Gasteiger partial charge in [0.15, 0.2) is 5.78 Å². The maximum atomic E-state index is 13.0. The minimum atomic E-state index is 0.230. The van der Waals surface area contributed by atoms with Crippen molar-refractivity contribution in [2.24, 2.45) is 11.8 Å². The number of benzene rings is 1. The first kappa shape index (κ1) is 15.6. The number of carbonyl (C=O) groups is 1. The molecule has 3 aliphatic heterocycles. The van der Waals surface area contributed by atoms with E-state index in [1.807, 2.05) is 0 Å². The Morgan fingerprint density at radius 1 is 1.16 bits per heavy atom. The second-order valence-corrected chi connectivity index (χ2v) is 8.38. The van der Waals surface area contributed by atoms with Crippen molar-refractivity contribution in [3.8, 4) is 0 Å². The number of H-pyrrole nitrogens is 1. The number of nitrogens with zero attached hydrogens (tertiary/aromatic N) is 2. The summed E-state index contributed by atoms with van der Waals surface area (Å²) in [5.41, 5.74) is 3.06. The van der Waals surface area contributed by atoms with Gasteiger partial charge in [0.05, 0.1) is 5.52 Å². The lowest BCUT2D eigenvalue weighted by Crippen LogP contribution is -2.47. The van der Waals surface area contributed by atoms with Gasteiger partial charge in [-0.2, -0.15) is 5.10 Å². The van der Waals surface area contributed by atoms with E-state index in [2.05, 4.69) is 33.3 Å². The van der Waals surface area contributed by atoms with Gasteiger partial charge in [-0.15, -0.1) is 0 Å². The second-order valence-electron chi connectivity index (χ2n) is 8.38. The molecular weight excluding hydrogens is 310 g/mol. The number of aromatic amines is 1. The molecule has 1 aromatic heterocycles. The van der Waals surface area contributed by atoms with Gasteiger partial charge in [-0.25, -0.2) is 0 Å². The van der Waals surface area contributed by atoms with Crippen LogP contribution in [0.3, 0.4) is 0 Å². The molecule has 2 bridgehead atoms. The fraction of sp³-hybridized carbons (Fsp3) is 0.619. The number of aromatic nitrogens is 2. The fourth-order valence-corrected chi connectivity index (χ4v) is 5.41. The minimum Gasteiger partial charge on any atom is -0.303 e. The lowest BCUT2D eigenvalue weighted by Gasteiger charge is -2.44. The summed E-state index contributed by atoms with van der Waals surface area (Å²) in [5.74, 6) is 2.17. The Morgan fingerprint density at radius 2 is 1.96 bits per heavy atom. The van der Waals surface area contributed by atoms with Crippen LogP contribution in [0.4, 0.5) is 0 Å². The highest BCUT2D eigenvalue weighted by atomic mass is 16.1. The molecule has 1 atom stereocenters. The third-order valence-electron chi connectivity index (χ3n) is 6.92. The van der Waals surface area contributed by atoms with Gasteiger partial charge < -0.3 is 4.90 Å². The molecule has 3 saturated heterocycles. The van der Waals surface area contributed by atoms with E-state index >= 15 is 0 Å². The van der Waals surface area contributed by atoms with Gasteiger partial charge in [-0.05, 0) is 74.2 Å². The Bertz CT molecular complexity index is 782. The molecule has 4 nitrogen and oxygen atoms in total. The van der Waals surface area contributed by atoms with Gasteiger partial charge in [0.25, 0.3) is 0 Å². The Balaban J connectivity index is 1.39. The lowest BCUT2D eigenvalue weighted by molar-refractivity contribution is 0.0440. The van der Waals surface area contributed by atoms with Crippen LogP contribution in [0.25, 0.3) is 10.9 Å². The molecular formula is C21H27N3O. The molecule has 1 aliphatic carbocycles. The Hall–Kier alpha value is -1.68. The maximum Gasteiger partial charge on any atom is 0.184 e. The molecule has 1 saturated carbocycles. The summed E-state index contributed by atoms with van der Waals surface area (Å²) >= 11 is 0. The Labute approximate surface area is 149 Å². The SMILES string of the molecule is O=C(C[C@H]1CN2CCC1CC2)c1n[nH]c2ccc(C3CCCC3)cc12. The van der Waals surface area contributed by atoms with Crippen LogP contribution >= 0.6 is 0 Å². The van der Waals surface area contributed by atoms with Gasteiger partial charge in [0.1, 0.15) is 5.69 Å². The van der Waals surface area contributed by atoms with E-state index in [4.69, 9.17) is 0 Å². The van der Waals surface area contributed by atoms with Gasteiger partial charge >= 0.3 is 0 Å². The highest BCUT2D eigenvalue weighted by Gasteiger charge is 2.35. The van der Waals surface area contributed by atoms with Crippen molar-refractivity contribution in [1.82, 2.24) is 15.1 Å². The van der Waals surface area contributed by atoms with E-state index in [1.165, 1.54) is 57.2 Å². The van der Waals surface area contributed by atoms with Crippen LogP contribution in [-0.2, 0) is 0 Å². The van der Waals surface area contributed by atoms with Gasteiger partial charge in [0.2, 0.25) is 0 Å². The molecule has 25 heavy (non-hydrogen) atoms. The first-order chi connectivity index (χ1) is 12.3. The molecule has 0 radical (unpaired) electrons. The number of hydrogen-bond acceptors (Lipinski definition) is 3. The van der Waals surface area contributed by atoms with E-state index in [9.17, 15) is 4.79 Å². The number of hydrogen-bond donors (Lipinski definition) is 1. The third-order valence-corrected chi connectivity index (χ3v) is 6.92. The zero-order chi connectivity index (χ0) is 16.8. The van der Waals surface area contributed by atoms with Crippen LogP contribution in [0.15, 0.2) is 18.2 Å². The number of Topliss-reactive ketones (excluding diaryl/α,β-unsaturated/α-hetero) is 1. The third kappa shape index (κ3) is 2.80. The van der Waals surface area contributed by atoms with Crippen LogP contribution in [0, 0.1) is 11.8 Å². The maximum absolute atomic E-state index is 13.0. The largest absolute Gasteiger partial charge is 0.303 e. The normalized spacial score (nSPS) is 29.5. The van der Waals surface area contributed by atoms with Gasteiger partial charge in [-0.3, -0.25) is 9.89 Å². The van der Waals surface area contributed by atoms with Crippen LogP contribution in [-0.4, -0.2) is 40.5 Å². The molecule has 0 unspecified atom stereocenters. The summed E-state index contributed by atoms with van der Waals surface area (Å²) in [6.45, 7) is 3.56. The monoisotopic (exact) mass is 337 g/mol. The predicted octanol–water partition coefficient (Wildman–Crippen LogP) is 4.14. The van der Waals surface area contributed by atoms with Crippen molar-refractivity contribution in [1.29, 1.82) is 0 Å². The predicted molar refractivity (Wildman–Crippen MR) is 98.9 cm³/mol. The van der Waals surface area contributed by atoms with E-state index in [0.29, 0.717) is 24.0 Å². The quantitative estimate of drug-likeness (QED) is 0.853. The molecule has 0 spiro atoms. The number of nitrogens with one attached hydrogen (secondary N) is 1. The van der Waals surface area contributed by atoms with E-state index in [1.54, 1.807) is 0 Å². The zero-order valence-electron chi connectivity index (χ0n) is 14.8. The van der Waals surface area contributed by atoms with Crippen LogP contribution in [0.2, 0.25) is 0 Å². The summed E-state index contributed by atoms with van der Waals surface area (Å²) in [7, 11) is 0. The molecule has 0 amide bonds. The molecule has 4 fully saturated rings. The molecule has 4 heteroatoms. The lowest BCUT2D eigenvalue weighted by atomic mass is 9.76. The number of carbonyl (C=O) groups excluding carboxylic acids is 1. The summed E-state index contributed by atoms with van der Waals surface area (Å²) in [4.78, 5) is 15.5. The van der Waals surface area contributed by atoms with Crippen LogP contribution < -0.4 is 0 Å². The van der Waals surface area contributed by atoms with Crippen LogP contribution in [0.5, 0.6) is 0 Å². The average molecular weight is 337 g/mol. The van der Waals surface area contributed by atoms with E-state index in [-0.39, 0.29) is 5.78 Å². The van der Waals surface area contributed by atoms with Gasteiger partial charge in [-0.1, -0.05) is 18.9 Å². The minimum absolute atomic E-state index is 0.230. The van der Waals surface area contributed by atoms with Crippen molar-refractivity contribution >= 4 is 16.7 Å². The molecule has 6 rings (SSSR count). The summed E-state index contributed by atoms with van der Waals surface area (Å²) < 4.78 is 0.